The number of benzene rings is 1. The molecule has 0 bridgehead atoms. The van der Waals surface area contributed by atoms with Crippen molar-refractivity contribution in [2.45, 2.75) is 13.0 Å². The molecule has 0 amide bonds. The number of hydrogen-bond donors (Lipinski definition) is 1. The Balaban J connectivity index is 2.27. The summed E-state index contributed by atoms with van der Waals surface area (Å²) in [6.45, 7) is 1.91. The molecule has 0 spiro atoms. The first kappa shape index (κ1) is 11.6. The standard InChI is InChI=1S/C11H10ClN3O2/c1-7(8-2-4-9(12)5-3-8)15-6-10(11(16)17)13-14-15/h2-7H,1H3,(H,16,17). The molecule has 0 aliphatic rings. The van der Waals surface area contributed by atoms with Crippen molar-refractivity contribution in [1.82, 2.24) is 15.0 Å². The summed E-state index contributed by atoms with van der Waals surface area (Å²) in [5.74, 6) is -1.08. The van der Waals surface area contributed by atoms with E-state index in [1.807, 2.05) is 19.1 Å². The molecule has 1 aromatic carbocycles. The highest BCUT2D eigenvalue weighted by Crippen LogP contribution is 2.19. The third-order valence-corrected chi connectivity index (χ3v) is 2.73. The van der Waals surface area contributed by atoms with Crippen LogP contribution in [0.2, 0.25) is 5.02 Å². The van der Waals surface area contributed by atoms with Crippen LogP contribution in [0.3, 0.4) is 0 Å². The maximum absolute atomic E-state index is 10.7. The Morgan fingerprint density at radius 1 is 1.41 bits per heavy atom. The fraction of sp³-hybridized carbons (Fsp3) is 0.182. The van der Waals surface area contributed by atoms with E-state index in [9.17, 15) is 4.79 Å². The molecule has 1 heterocycles. The molecule has 0 aliphatic heterocycles. The van der Waals surface area contributed by atoms with E-state index in [4.69, 9.17) is 16.7 Å². The van der Waals surface area contributed by atoms with E-state index in [1.165, 1.54) is 10.9 Å². The molecular formula is C11H10ClN3O2. The maximum Gasteiger partial charge on any atom is 0.358 e. The molecule has 0 fully saturated rings. The van der Waals surface area contributed by atoms with Crippen LogP contribution in [-0.2, 0) is 0 Å². The number of nitrogens with zero attached hydrogens (tertiary/aromatic N) is 3. The Bertz CT molecular complexity index is 536. The second-order valence-electron chi connectivity index (χ2n) is 3.62. The van der Waals surface area contributed by atoms with Crippen LogP contribution >= 0.6 is 11.6 Å². The average molecular weight is 252 g/mol. The molecule has 88 valence electrons. The number of rotatable bonds is 3. The van der Waals surface area contributed by atoms with Gasteiger partial charge in [0.1, 0.15) is 0 Å². The van der Waals surface area contributed by atoms with Gasteiger partial charge in [-0.25, -0.2) is 9.48 Å². The Labute approximate surface area is 103 Å². The van der Waals surface area contributed by atoms with Crippen LogP contribution in [0.25, 0.3) is 0 Å². The molecule has 1 aromatic heterocycles. The van der Waals surface area contributed by atoms with Crippen LogP contribution in [0.4, 0.5) is 0 Å². The summed E-state index contributed by atoms with van der Waals surface area (Å²) in [5.41, 5.74) is 0.919. The van der Waals surface area contributed by atoms with Gasteiger partial charge in [-0.15, -0.1) is 5.10 Å². The minimum Gasteiger partial charge on any atom is -0.476 e. The van der Waals surface area contributed by atoms with Crippen LogP contribution < -0.4 is 0 Å². The third kappa shape index (κ3) is 2.45. The van der Waals surface area contributed by atoms with Crippen molar-refractivity contribution in [2.75, 3.05) is 0 Å². The van der Waals surface area contributed by atoms with Gasteiger partial charge in [0.2, 0.25) is 0 Å². The molecule has 1 atom stereocenters. The second-order valence-corrected chi connectivity index (χ2v) is 4.05. The number of carboxylic acids is 1. The molecule has 5 nitrogen and oxygen atoms in total. The van der Waals surface area contributed by atoms with Crippen molar-refractivity contribution in [1.29, 1.82) is 0 Å². The van der Waals surface area contributed by atoms with Gasteiger partial charge in [0.25, 0.3) is 0 Å². The first-order valence-electron chi connectivity index (χ1n) is 4.98. The van der Waals surface area contributed by atoms with Crippen molar-refractivity contribution in [3.63, 3.8) is 0 Å². The van der Waals surface area contributed by atoms with Crippen LogP contribution in [-0.4, -0.2) is 26.1 Å². The number of carbonyl (C=O) groups is 1. The zero-order valence-electron chi connectivity index (χ0n) is 9.04. The van der Waals surface area contributed by atoms with Gasteiger partial charge in [-0.3, -0.25) is 0 Å². The summed E-state index contributed by atoms with van der Waals surface area (Å²) >= 11 is 5.80. The Morgan fingerprint density at radius 3 is 2.59 bits per heavy atom. The molecule has 0 aliphatic carbocycles. The van der Waals surface area contributed by atoms with Gasteiger partial charge < -0.3 is 5.11 Å². The lowest BCUT2D eigenvalue weighted by Crippen LogP contribution is -2.07. The monoisotopic (exact) mass is 251 g/mol. The molecule has 0 saturated carbocycles. The van der Waals surface area contributed by atoms with E-state index in [0.29, 0.717) is 5.02 Å². The SMILES string of the molecule is CC(c1ccc(Cl)cc1)n1cc(C(=O)O)nn1. The van der Waals surface area contributed by atoms with Crippen molar-refractivity contribution in [2.24, 2.45) is 0 Å². The predicted octanol–water partition coefficient (Wildman–Crippen LogP) is 2.24. The second kappa shape index (κ2) is 4.55. The maximum atomic E-state index is 10.7. The quantitative estimate of drug-likeness (QED) is 0.908. The van der Waals surface area contributed by atoms with E-state index in [0.717, 1.165) is 5.56 Å². The minimum absolute atomic E-state index is 0.0641. The molecule has 2 aromatic rings. The van der Waals surface area contributed by atoms with Crippen molar-refractivity contribution >= 4 is 17.6 Å². The molecule has 1 N–H and O–H groups in total. The van der Waals surface area contributed by atoms with Gasteiger partial charge in [-0.1, -0.05) is 28.9 Å². The summed E-state index contributed by atoms with van der Waals surface area (Å²) in [5, 5.41) is 16.8. The summed E-state index contributed by atoms with van der Waals surface area (Å²) in [6, 6.07) is 7.21. The van der Waals surface area contributed by atoms with Gasteiger partial charge in [-0.2, -0.15) is 0 Å². The van der Waals surface area contributed by atoms with E-state index in [2.05, 4.69) is 10.3 Å². The number of halogens is 1. The average Bonchev–Trinajstić information content (AvgIpc) is 2.78. The summed E-state index contributed by atoms with van der Waals surface area (Å²) in [4.78, 5) is 10.7. The molecule has 6 heteroatoms. The summed E-state index contributed by atoms with van der Waals surface area (Å²) in [7, 11) is 0. The first-order valence-corrected chi connectivity index (χ1v) is 5.36. The van der Waals surface area contributed by atoms with E-state index in [1.54, 1.807) is 12.1 Å². The van der Waals surface area contributed by atoms with E-state index < -0.39 is 5.97 Å². The highest BCUT2D eigenvalue weighted by atomic mass is 35.5. The van der Waals surface area contributed by atoms with Crippen molar-refractivity contribution in [3.05, 3.63) is 46.7 Å². The first-order chi connectivity index (χ1) is 8.08. The van der Waals surface area contributed by atoms with E-state index in [-0.39, 0.29) is 11.7 Å². The molecule has 0 saturated heterocycles. The Morgan fingerprint density at radius 2 is 2.06 bits per heavy atom. The molecular weight excluding hydrogens is 242 g/mol. The smallest absolute Gasteiger partial charge is 0.358 e. The number of hydrogen-bond acceptors (Lipinski definition) is 3. The highest BCUT2D eigenvalue weighted by Gasteiger charge is 2.13. The number of aromatic carboxylic acids is 1. The lowest BCUT2D eigenvalue weighted by atomic mass is 10.1. The normalized spacial score (nSPS) is 12.4. The summed E-state index contributed by atoms with van der Waals surface area (Å²) < 4.78 is 1.51. The molecule has 17 heavy (non-hydrogen) atoms. The van der Waals surface area contributed by atoms with Gasteiger partial charge in [-0.05, 0) is 24.6 Å². The number of aromatic nitrogens is 3. The van der Waals surface area contributed by atoms with Gasteiger partial charge >= 0.3 is 5.97 Å². The zero-order valence-corrected chi connectivity index (χ0v) is 9.80. The van der Waals surface area contributed by atoms with Gasteiger partial charge in [0.15, 0.2) is 5.69 Å². The fourth-order valence-electron chi connectivity index (χ4n) is 1.46. The van der Waals surface area contributed by atoms with Gasteiger partial charge in [0, 0.05) is 5.02 Å². The van der Waals surface area contributed by atoms with E-state index >= 15 is 0 Å². The minimum atomic E-state index is -1.08. The number of carboxylic acid groups (broad SMARTS) is 1. The topological polar surface area (TPSA) is 68.0 Å². The highest BCUT2D eigenvalue weighted by molar-refractivity contribution is 6.30. The summed E-state index contributed by atoms with van der Waals surface area (Å²) in [6.07, 6.45) is 1.40. The molecule has 1 unspecified atom stereocenters. The Kier molecular flexibility index (Phi) is 3.10. The lowest BCUT2D eigenvalue weighted by Gasteiger charge is -2.11. The zero-order chi connectivity index (χ0) is 12.4. The van der Waals surface area contributed by atoms with Crippen molar-refractivity contribution in [3.8, 4) is 0 Å². The van der Waals surface area contributed by atoms with Crippen LogP contribution in [0.15, 0.2) is 30.5 Å². The largest absolute Gasteiger partial charge is 0.476 e. The van der Waals surface area contributed by atoms with Crippen LogP contribution in [0.5, 0.6) is 0 Å². The molecule has 0 radical (unpaired) electrons. The van der Waals surface area contributed by atoms with Gasteiger partial charge in [0.05, 0.1) is 12.2 Å². The molecule has 2 rings (SSSR count). The van der Waals surface area contributed by atoms with Crippen LogP contribution in [0, 0.1) is 0 Å². The van der Waals surface area contributed by atoms with Crippen molar-refractivity contribution < 1.29 is 9.90 Å². The Hall–Kier alpha value is -1.88. The van der Waals surface area contributed by atoms with Crippen LogP contribution in [0.1, 0.15) is 29.0 Å². The third-order valence-electron chi connectivity index (χ3n) is 2.48. The lowest BCUT2D eigenvalue weighted by molar-refractivity contribution is 0.0690. The fourth-order valence-corrected chi connectivity index (χ4v) is 1.58. The predicted molar refractivity (Wildman–Crippen MR) is 62.2 cm³/mol.